The number of hydrogen-bond acceptors (Lipinski definition) is 6. The summed E-state index contributed by atoms with van der Waals surface area (Å²) in [7, 11) is 0. The molecule has 1 aliphatic heterocycles. The van der Waals surface area contributed by atoms with Gasteiger partial charge in [0.2, 0.25) is 23.5 Å². The first-order valence-electron chi connectivity index (χ1n) is 11.4. The van der Waals surface area contributed by atoms with E-state index in [1.54, 1.807) is 19.1 Å². The average Bonchev–Trinajstić information content (AvgIpc) is 3.30. The average molecular weight is 466 g/mol. The molecule has 3 aromatic rings. The van der Waals surface area contributed by atoms with Crippen LogP contribution in [0.1, 0.15) is 36.3 Å². The van der Waals surface area contributed by atoms with E-state index in [2.05, 4.69) is 20.4 Å². The maximum Gasteiger partial charge on any atom is 0.227 e. The van der Waals surface area contributed by atoms with Crippen molar-refractivity contribution in [3.8, 4) is 11.4 Å². The molecule has 34 heavy (non-hydrogen) atoms. The van der Waals surface area contributed by atoms with Crippen LogP contribution in [-0.4, -0.2) is 39.9 Å². The number of halogens is 1. The molecule has 1 aromatic heterocycles. The minimum atomic E-state index is -0.291. The lowest BCUT2D eigenvalue weighted by Gasteiger charge is -2.31. The predicted octanol–water partition coefficient (Wildman–Crippen LogP) is 3.45. The van der Waals surface area contributed by atoms with Crippen LogP contribution in [0, 0.1) is 18.7 Å². The molecule has 0 spiro atoms. The number of carbonyl (C=O) groups excluding carboxylic acids is 2. The van der Waals surface area contributed by atoms with Crippen LogP contribution in [0.25, 0.3) is 11.4 Å². The Labute approximate surface area is 197 Å². The van der Waals surface area contributed by atoms with E-state index in [4.69, 9.17) is 10.3 Å². The van der Waals surface area contributed by atoms with E-state index >= 15 is 0 Å². The maximum atomic E-state index is 13.5. The molecule has 1 aliphatic rings. The third kappa shape index (κ3) is 6.05. The maximum absolute atomic E-state index is 13.5. The molecule has 1 fully saturated rings. The summed E-state index contributed by atoms with van der Waals surface area (Å²) in [4.78, 5) is 30.3. The Morgan fingerprint density at radius 2 is 2.03 bits per heavy atom. The number of likely N-dealkylation sites (tertiary alicyclic amines) is 1. The van der Waals surface area contributed by atoms with Crippen molar-refractivity contribution in [2.75, 3.05) is 18.4 Å². The lowest BCUT2D eigenvalue weighted by atomic mass is 9.97. The van der Waals surface area contributed by atoms with E-state index in [0.717, 1.165) is 31.5 Å². The summed E-state index contributed by atoms with van der Waals surface area (Å²) in [5.74, 6) is -0.0545. The number of hydrogen-bond donors (Lipinski definition) is 2. The molecule has 4 rings (SSSR count). The van der Waals surface area contributed by atoms with Crippen molar-refractivity contribution >= 4 is 17.5 Å². The molecule has 2 amide bonds. The van der Waals surface area contributed by atoms with Gasteiger partial charge in [-0.2, -0.15) is 4.98 Å². The number of primary amides is 1. The number of aryl methyl sites for hydroxylation is 2. The topological polar surface area (TPSA) is 114 Å². The van der Waals surface area contributed by atoms with Crippen molar-refractivity contribution in [1.82, 2.24) is 15.0 Å². The SMILES string of the molecule is Cc1cc(-c2noc(CCC(=O)Nc3ccc(CN4CCCC(C(N)=O)C4)cc3)n2)ccc1F. The van der Waals surface area contributed by atoms with E-state index < -0.39 is 0 Å². The molecular formula is C25H28FN5O3. The molecule has 8 nitrogen and oxygen atoms in total. The zero-order chi connectivity index (χ0) is 24.1. The number of nitrogens with two attached hydrogens (primary N) is 1. The van der Waals surface area contributed by atoms with Crippen molar-refractivity contribution in [2.24, 2.45) is 11.7 Å². The molecule has 0 radical (unpaired) electrons. The highest BCUT2D eigenvalue weighted by Gasteiger charge is 2.23. The molecule has 1 atom stereocenters. The van der Waals surface area contributed by atoms with Gasteiger partial charge >= 0.3 is 0 Å². The molecule has 0 bridgehead atoms. The first-order valence-corrected chi connectivity index (χ1v) is 11.4. The molecule has 3 N–H and O–H groups in total. The molecular weight excluding hydrogens is 437 g/mol. The highest BCUT2D eigenvalue weighted by Crippen LogP contribution is 2.21. The van der Waals surface area contributed by atoms with Gasteiger partial charge in [0, 0.05) is 37.2 Å². The molecule has 0 saturated carbocycles. The molecule has 178 valence electrons. The molecule has 2 aromatic carbocycles. The van der Waals surface area contributed by atoms with Crippen LogP contribution in [0.4, 0.5) is 10.1 Å². The van der Waals surface area contributed by atoms with Gasteiger partial charge in [0.15, 0.2) is 0 Å². The minimum absolute atomic E-state index is 0.0814. The van der Waals surface area contributed by atoms with Gasteiger partial charge in [0.05, 0.1) is 5.92 Å². The number of nitrogens with zero attached hydrogens (tertiary/aromatic N) is 3. The van der Waals surface area contributed by atoms with Gasteiger partial charge in [-0.25, -0.2) is 4.39 Å². The summed E-state index contributed by atoms with van der Waals surface area (Å²) in [6.07, 6.45) is 2.31. The largest absolute Gasteiger partial charge is 0.369 e. The smallest absolute Gasteiger partial charge is 0.227 e. The fraction of sp³-hybridized carbons (Fsp3) is 0.360. The van der Waals surface area contributed by atoms with Crippen molar-refractivity contribution in [3.63, 3.8) is 0 Å². The van der Waals surface area contributed by atoms with Gasteiger partial charge in [-0.1, -0.05) is 17.3 Å². The fourth-order valence-electron chi connectivity index (χ4n) is 4.08. The van der Waals surface area contributed by atoms with E-state index in [9.17, 15) is 14.0 Å². The normalized spacial score (nSPS) is 16.4. The van der Waals surface area contributed by atoms with Crippen LogP contribution in [0.5, 0.6) is 0 Å². The van der Waals surface area contributed by atoms with Crippen LogP contribution in [0.3, 0.4) is 0 Å². The lowest BCUT2D eigenvalue weighted by Crippen LogP contribution is -2.40. The first-order chi connectivity index (χ1) is 16.4. The van der Waals surface area contributed by atoms with Gasteiger partial charge in [0.25, 0.3) is 0 Å². The van der Waals surface area contributed by atoms with Gasteiger partial charge in [-0.3, -0.25) is 14.5 Å². The van der Waals surface area contributed by atoms with Crippen LogP contribution in [0.15, 0.2) is 47.0 Å². The number of anilines is 1. The summed E-state index contributed by atoms with van der Waals surface area (Å²) in [6.45, 7) is 4.04. The van der Waals surface area contributed by atoms with E-state index in [-0.39, 0.29) is 30.0 Å². The highest BCUT2D eigenvalue weighted by molar-refractivity contribution is 5.90. The van der Waals surface area contributed by atoms with Crippen LogP contribution >= 0.6 is 0 Å². The highest BCUT2D eigenvalue weighted by atomic mass is 19.1. The summed E-state index contributed by atoms with van der Waals surface area (Å²) < 4.78 is 18.7. The van der Waals surface area contributed by atoms with Crippen LogP contribution < -0.4 is 11.1 Å². The second kappa shape index (κ2) is 10.6. The number of nitrogens with one attached hydrogen (secondary N) is 1. The second-order valence-corrected chi connectivity index (χ2v) is 8.70. The van der Waals surface area contributed by atoms with E-state index in [1.807, 2.05) is 24.3 Å². The molecule has 2 heterocycles. The number of carbonyl (C=O) groups is 2. The van der Waals surface area contributed by atoms with Gasteiger partial charge in [-0.05, 0) is 67.8 Å². The molecule has 1 unspecified atom stereocenters. The van der Waals surface area contributed by atoms with E-state index in [1.165, 1.54) is 6.07 Å². The zero-order valence-corrected chi connectivity index (χ0v) is 19.1. The lowest BCUT2D eigenvalue weighted by molar-refractivity contribution is -0.123. The van der Waals surface area contributed by atoms with E-state index in [0.29, 0.717) is 41.5 Å². The summed E-state index contributed by atoms with van der Waals surface area (Å²) in [6, 6.07) is 12.3. The quantitative estimate of drug-likeness (QED) is 0.527. The van der Waals surface area contributed by atoms with Crippen LogP contribution in [-0.2, 0) is 22.6 Å². The zero-order valence-electron chi connectivity index (χ0n) is 19.1. The Balaban J connectivity index is 1.25. The number of amides is 2. The number of aromatic nitrogens is 2. The standard InChI is InChI=1S/C25H28FN5O3/c1-16-13-18(6-9-21(16)26)25-29-23(34-30-25)11-10-22(32)28-20-7-4-17(5-8-20)14-31-12-2-3-19(15-31)24(27)33/h4-9,13,19H,2-3,10-12,14-15H2,1H3,(H2,27,33)(H,28,32). The minimum Gasteiger partial charge on any atom is -0.369 e. The Kier molecular flexibility index (Phi) is 7.32. The summed E-state index contributed by atoms with van der Waals surface area (Å²) >= 11 is 0. The molecule has 0 aliphatic carbocycles. The van der Waals surface area contributed by atoms with Crippen LogP contribution in [0.2, 0.25) is 0 Å². The first kappa shape index (κ1) is 23.6. The Bertz CT molecular complexity index is 1160. The Morgan fingerprint density at radius 3 is 2.76 bits per heavy atom. The van der Waals surface area contributed by atoms with Crippen molar-refractivity contribution in [2.45, 2.75) is 39.2 Å². The Morgan fingerprint density at radius 1 is 1.24 bits per heavy atom. The number of piperidine rings is 1. The predicted molar refractivity (Wildman–Crippen MR) is 125 cm³/mol. The third-order valence-corrected chi connectivity index (χ3v) is 6.00. The Hall–Kier alpha value is -3.59. The number of benzene rings is 2. The fourth-order valence-corrected chi connectivity index (χ4v) is 4.08. The molecule has 9 heteroatoms. The second-order valence-electron chi connectivity index (χ2n) is 8.70. The van der Waals surface area contributed by atoms with Crippen molar-refractivity contribution < 1.29 is 18.5 Å². The third-order valence-electron chi connectivity index (χ3n) is 6.00. The summed E-state index contributed by atoms with van der Waals surface area (Å²) in [5, 5.41) is 6.79. The van der Waals surface area contributed by atoms with Crippen molar-refractivity contribution in [3.05, 3.63) is 65.3 Å². The monoisotopic (exact) mass is 465 g/mol. The van der Waals surface area contributed by atoms with Gasteiger partial charge in [-0.15, -0.1) is 0 Å². The van der Waals surface area contributed by atoms with Crippen molar-refractivity contribution in [1.29, 1.82) is 0 Å². The van der Waals surface area contributed by atoms with Gasteiger partial charge < -0.3 is 15.6 Å². The molecule has 1 saturated heterocycles. The summed E-state index contributed by atoms with van der Waals surface area (Å²) in [5.41, 5.74) is 8.43. The number of rotatable bonds is 8. The van der Waals surface area contributed by atoms with Gasteiger partial charge in [0.1, 0.15) is 5.82 Å².